The summed E-state index contributed by atoms with van der Waals surface area (Å²) < 4.78 is 2.45. The zero-order valence-electron chi connectivity index (χ0n) is 39.6. The van der Waals surface area contributed by atoms with Gasteiger partial charge in [-0.1, -0.05) is 207 Å². The van der Waals surface area contributed by atoms with Crippen molar-refractivity contribution in [2.75, 3.05) is 4.90 Å². The molecular weight excluding hydrogens is 857 g/mol. The summed E-state index contributed by atoms with van der Waals surface area (Å²) in [6, 6.07) is 95.8. The molecule has 2 heteroatoms. The van der Waals surface area contributed by atoms with E-state index in [1.54, 1.807) is 0 Å². The van der Waals surface area contributed by atoms with Crippen molar-refractivity contribution >= 4 is 55.2 Å². The first kappa shape index (κ1) is 42.1. The molecule has 0 radical (unpaired) electrons. The van der Waals surface area contributed by atoms with Gasteiger partial charge in [0.15, 0.2) is 0 Å². The van der Waals surface area contributed by atoms with Crippen LogP contribution < -0.4 is 4.90 Å². The minimum atomic E-state index is 0.531. The highest BCUT2D eigenvalue weighted by molar-refractivity contribution is 6.24. The molecular formula is C69H50N2. The van der Waals surface area contributed by atoms with Crippen molar-refractivity contribution in [2.45, 2.75) is 19.3 Å². The van der Waals surface area contributed by atoms with Gasteiger partial charge in [0.2, 0.25) is 0 Å². The predicted octanol–water partition coefficient (Wildman–Crippen LogP) is 19.0. The summed E-state index contributed by atoms with van der Waals surface area (Å²) in [5.41, 5.74) is 21.6. The average Bonchev–Trinajstić information content (AvgIpc) is 3.80. The van der Waals surface area contributed by atoms with Crippen LogP contribution in [-0.4, -0.2) is 4.57 Å². The van der Waals surface area contributed by atoms with Crippen molar-refractivity contribution in [3.8, 4) is 50.2 Å². The Kier molecular flexibility index (Phi) is 10.6. The van der Waals surface area contributed by atoms with Gasteiger partial charge in [-0.15, -0.1) is 0 Å². The molecule has 0 spiro atoms. The number of benzene rings is 11. The van der Waals surface area contributed by atoms with Crippen molar-refractivity contribution in [1.29, 1.82) is 0 Å². The molecule has 0 N–H and O–H groups in total. The molecule has 1 aliphatic carbocycles. The second kappa shape index (κ2) is 17.8. The molecule has 13 rings (SSSR count). The third-order valence-electron chi connectivity index (χ3n) is 14.6. The van der Waals surface area contributed by atoms with Crippen LogP contribution in [0.1, 0.15) is 36.0 Å². The molecule has 12 aromatic rings. The lowest BCUT2D eigenvalue weighted by Crippen LogP contribution is -2.10. The first-order valence-electron chi connectivity index (χ1n) is 24.8. The maximum Gasteiger partial charge on any atom is 0.0625 e. The van der Waals surface area contributed by atoms with Crippen molar-refractivity contribution in [3.05, 3.63) is 284 Å². The Morgan fingerprint density at radius 2 is 0.930 bits per heavy atom. The third kappa shape index (κ3) is 7.62. The quantitative estimate of drug-likeness (QED) is 0.140. The van der Waals surface area contributed by atoms with Gasteiger partial charge in [0.25, 0.3) is 0 Å². The lowest BCUT2D eigenvalue weighted by Gasteiger charge is -2.28. The molecule has 0 bridgehead atoms. The van der Waals surface area contributed by atoms with Crippen molar-refractivity contribution in [2.24, 2.45) is 0 Å². The van der Waals surface area contributed by atoms with E-state index in [1.165, 1.54) is 82.7 Å². The zero-order chi connectivity index (χ0) is 47.3. The number of hydrogen-bond acceptors (Lipinski definition) is 1. The van der Waals surface area contributed by atoms with Crippen molar-refractivity contribution in [3.63, 3.8) is 0 Å². The molecule has 71 heavy (non-hydrogen) atoms. The summed E-state index contributed by atoms with van der Waals surface area (Å²) >= 11 is 0. The first-order valence-corrected chi connectivity index (χ1v) is 24.8. The van der Waals surface area contributed by atoms with E-state index in [-0.39, 0.29) is 0 Å². The summed E-state index contributed by atoms with van der Waals surface area (Å²) in [5.74, 6) is 0.531. The smallest absolute Gasteiger partial charge is 0.0625 e. The van der Waals surface area contributed by atoms with Gasteiger partial charge in [-0.25, -0.2) is 0 Å². The number of hydrogen-bond donors (Lipinski definition) is 0. The van der Waals surface area contributed by atoms with E-state index in [4.69, 9.17) is 0 Å². The molecule has 1 atom stereocenters. The number of rotatable bonds is 9. The first-order chi connectivity index (χ1) is 35.1. The highest BCUT2D eigenvalue weighted by Crippen LogP contribution is 2.46. The Labute approximate surface area is 415 Å². The van der Waals surface area contributed by atoms with E-state index < -0.39 is 0 Å². The van der Waals surface area contributed by atoms with Crippen LogP contribution in [0.2, 0.25) is 0 Å². The van der Waals surface area contributed by atoms with E-state index in [9.17, 15) is 0 Å². The molecule has 11 aromatic carbocycles. The van der Waals surface area contributed by atoms with E-state index in [0.29, 0.717) is 5.92 Å². The maximum absolute atomic E-state index is 2.45. The van der Waals surface area contributed by atoms with Crippen molar-refractivity contribution in [1.82, 2.24) is 4.57 Å². The molecule has 336 valence electrons. The highest BCUT2D eigenvalue weighted by Gasteiger charge is 2.23. The number of anilines is 3. The fourth-order valence-corrected chi connectivity index (χ4v) is 11.1. The van der Waals surface area contributed by atoms with E-state index >= 15 is 0 Å². The molecule has 0 amide bonds. The third-order valence-corrected chi connectivity index (χ3v) is 14.6. The highest BCUT2D eigenvalue weighted by atomic mass is 15.1. The van der Waals surface area contributed by atoms with Crippen LogP contribution in [0, 0.1) is 0 Å². The van der Waals surface area contributed by atoms with Gasteiger partial charge in [0.1, 0.15) is 0 Å². The van der Waals surface area contributed by atoms with Crippen LogP contribution in [0.15, 0.2) is 267 Å². The Bertz CT molecular complexity index is 3880. The number of aromatic nitrogens is 1. The Morgan fingerprint density at radius 1 is 0.380 bits per heavy atom. The largest absolute Gasteiger partial charge is 0.310 e. The molecule has 2 nitrogen and oxygen atoms in total. The summed E-state index contributed by atoms with van der Waals surface area (Å²) in [6.45, 7) is 2.33. The molecule has 1 aliphatic rings. The van der Waals surface area contributed by atoms with Gasteiger partial charge in [-0.3, -0.25) is 0 Å². The molecule has 1 heterocycles. The zero-order valence-corrected chi connectivity index (χ0v) is 39.6. The minimum Gasteiger partial charge on any atom is -0.310 e. The van der Waals surface area contributed by atoms with Crippen LogP contribution in [0.5, 0.6) is 0 Å². The molecule has 0 saturated carbocycles. The maximum atomic E-state index is 2.45. The summed E-state index contributed by atoms with van der Waals surface area (Å²) in [5, 5.41) is 4.92. The normalized spacial score (nSPS) is 13.3. The number of allylic oxidation sites excluding steroid dienone is 1. The van der Waals surface area contributed by atoms with Crippen LogP contribution in [-0.2, 0) is 0 Å². The lowest BCUT2D eigenvalue weighted by atomic mass is 9.81. The Morgan fingerprint density at radius 3 is 1.65 bits per heavy atom. The second-order valence-electron chi connectivity index (χ2n) is 18.9. The van der Waals surface area contributed by atoms with E-state index in [2.05, 4.69) is 283 Å². The summed E-state index contributed by atoms with van der Waals surface area (Å²) in [4.78, 5) is 2.44. The Balaban J connectivity index is 0.976. The lowest BCUT2D eigenvalue weighted by molar-refractivity contribution is 0.768. The molecule has 0 unspecified atom stereocenters. The fraction of sp³-hybridized carbons (Fsp3) is 0.0435. The predicted molar refractivity (Wildman–Crippen MR) is 301 cm³/mol. The van der Waals surface area contributed by atoms with Crippen LogP contribution in [0.4, 0.5) is 17.1 Å². The van der Waals surface area contributed by atoms with Crippen molar-refractivity contribution < 1.29 is 0 Å². The molecule has 0 fully saturated rings. The topological polar surface area (TPSA) is 8.17 Å². The Hall–Kier alpha value is -8.98. The van der Waals surface area contributed by atoms with E-state index in [1.807, 2.05) is 0 Å². The monoisotopic (exact) mass is 906 g/mol. The van der Waals surface area contributed by atoms with Crippen LogP contribution in [0.3, 0.4) is 0 Å². The fourth-order valence-electron chi connectivity index (χ4n) is 11.1. The standard InChI is InChI=1S/C69H50N2/c1-47-32-41-62(64-29-14-13-27-61(47)64)52-35-33-50(34-36-52)51-37-39-58(40-38-51)70(60-44-55(48-18-5-2-6-19-48)42-56(45-60)49-20-7-3-8-21-49)59-26-17-23-53(43-59)66-46-54-22-11-12-28-63(54)69-68(66)65-30-15-16-31-67(65)71(69)57-24-9-4-10-25-57/h2-31,33-47H,32H2,1H3/t47-/m1/s1. The van der Waals surface area contributed by atoms with Gasteiger partial charge in [-0.05, 0) is 151 Å². The minimum absolute atomic E-state index is 0.531. The molecule has 0 saturated heterocycles. The summed E-state index contributed by atoms with van der Waals surface area (Å²) in [7, 11) is 0. The molecule has 0 aliphatic heterocycles. The van der Waals surface area contributed by atoms with Gasteiger partial charge in [-0.2, -0.15) is 0 Å². The van der Waals surface area contributed by atoms with Gasteiger partial charge in [0.05, 0.1) is 11.0 Å². The number of nitrogens with zero attached hydrogens (tertiary/aromatic N) is 2. The van der Waals surface area contributed by atoms with Gasteiger partial charge < -0.3 is 9.47 Å². The van der Waals surface area contributed by atoms with Gasteiger partial charge >= 0.3 is 0 Å². The number of fused-ring (bicyclic) bond motifs is 6. The van der Waals surface area contributed by atoms with Crippen LogP contribution >= 0.6 is 0 Å². The molecule has 1 aromatic heterocycles. The summed E-state index contributed by atoms with van der Waals surface area (Å²) in [6.07, 6.45) is 3.48. The average molecular weight is 907 g/mol. The second-order valence-corrected chi connectivity index (χ2v) is 18.9. The van der Waals surface area contributed by atoms with Crippen LogP contribution in [0.25, 0.3) is 88.3 Å². The van der Waals surface area contributed by atoms with E-state index in [0.717, 1.165) is 45.9 Å². The van der Waals surface area contributed by atoms with Gasteiger partial charge in [0, 0.05) is 38.9 Å². The number of para-hydroxylation sites is 2. The SMILES string of the molecule is C[C@@H]1CC=C(c2ccc(-c3ccc(N(c4cc(-c5ccccc5)cc(-c5ccccc5)c4)c4cccc(-c5cc6ccccc6c6c5c5ccccc5n6-c5ccccc5)c4)cc3)cc2)c2ccccc21.